The number of carbonyl (C=O) groups excluding carboxylic acids is 2. The summed E-state index contributed by atoms with van der Waals surface area (Å²) in [6.07, 6.45) is -0.532. The standard InChI is InChI=1S/C26H30FN7O5S/c1-25(2,16-39-20(27)14-31-29)40(37,38)26(9-10-26)15-34-11-8-19-21(32-33(3)22(19)24(34)36)23(35)30-13-18-6-4-17(12-28)5-7-18/h4-7,14,20H,8-11,13,15-16H2,1-3H3,(H,30,35)/t20-/m1/s1. The van der Waals surface area contributed by atoms with Gasteiger partial charge in [-0.3, -0.25) is 14.3 Å². The number of hydrogen-bond donors (Lipinski definition) is 1. The van der Waals surface area contributed by atoms with Gasteiger partial charge in [-0.05, 0) is 50.8 Å². The number of nitrogens with zero attached hydrogens (tertiary/aromatic N) is 6. The van der Waals surface area contributed by atoms with Crippen LogP contribution in [0, 0.1) is 11.3 Å². The lowest BCUT2D eigenvalue weighted by molar-refractivity contribution is -0.0527. The normalized spacial score (nSPS) is 16.9. The number of amides is 2. The van der Waals surface area contributed by atoms with Crippen LogP contribution in [-0.4, -0.2) is 81.5 Å². The van der Waals surface area contributed by atoms with Crippen molar-refractivity contribution in [2.24, 2.45) is 7.05 Å². The molecule has 2 amide bonds. The first kappa shape index (κ1) is 29.1. The van der Waals surface area contributed by atoms with Crippen LogP contribution in [0.3, 0.4) is 0 Å². The topological polar surface area (TPSA) is 171 Å². The summed E-state index contributed by atoms with van der Waals surface area (Å²) < 4.78 is 44.5. The number of carbonyl (C=O) groups is 2. The maximum Gasteiger partial charge on any atom is 0.318 e. The van der Waals surface area contributed by atoms with E-state index in [1.165, 1.54) is 23.4 Å². The molecule has 1 fully saturated rings. The van der Waals surface area contributed by atoms with E-state index in [-0.39, 0.29) is 31.0 Å². The molecule has 212 valence electrons. The smallest absolute Gasteiger partial charge is 0.318 e. The van der Waals surface area contributed by atoms with Crippen LogP contribution in [0.15, 0.2) is 24.3 Å². The van der Waals surface area contributed by atoms with Crippen LogP contribution in [0.1, 0.15) is 64.4 Å². The van der Waals surface area contributed by atoms with Gasteiger partial charge >= 0.3 is 6.21 Å². The highest BCUT2D eigenvalue weighted by molar-refractivity contribution is 7.94. The monoisotopic (exact) mass is 571 g/mol. The third-order valence-corrected chi connectivity index (χ3v) is 10.6. The molecule has 1 saturated carbocycles. The highest BCUT2D eigenvalue weighted by atomic mass is 32.2. The molecule has 1 aliphatic heterocycles. The third-order valence-electron chi connectivity index (χ3n) is 7.38. The lowest BCUT2D eigenvalue weighted by Gasteiger charge is -2.35. The molecule has 2 aromatic rings. The fourth-order valence-electron chi connectivity index (χ4n) is 4.91. The molecule has 0 radical (unpaired) electrons. The fourth-order valence-corrected chi connectivity index (χ4v) is 7.27. The first-order valence-electron chi connectivity index (χ1n) is 12.7. The van der Waals surface area contributed by atoms with E-state index in [0.717, 1.165) is 5.56 Å². The number of alkyl halides is 1. The minimum atomic E-state index is -3.89. The van der Waals surface area contributed by atoms with E-state index in [1.807, 2.05) is 6.07 Å². The van der Waals surface area contributed by atoms with Gasteiger partial charge in [0.2, 0.25) is 0 Å². The van der Waals surface area contributed by atoms with E-state index in [1.54, 1.807) is 31.3 Å². The van der Waals surface area contributed by atoms with Gasteiger partial charge in [0.25, 0.3) is 18.2 Å². The fraction of sp³-hybridized carbons (Fsp3) is 0.500. The van der Waals surface area contributed by atoms with Crippen LogP contribution in [-0.2, 0) is 34.6 Å². The number of aryl methyl sites for hydroxylation is 1. The van der Waals surface area contributed by atoms with Crippen molar-refractivity contribution in [3.63, 3.8) is 0 Å². The molecular formula is C26H30FN7O5S. The van der Waals surface area contributed by atoms with Gasteiger partial charge in [-0.25, -0.2) is 12.8 Å². The van der Waals surface area contributed by atoms with E-state index in [2.05, 4.69) is 15.2 Å². The Kier molecular flexibility index (Phi) is 7.94. The number of nitrogens with one attached hydrogen (secondary N) is 1. The summed E-state index contributed by atoms with van der Waals surface area (Å²) in [6, 6.07) is 8.82. The quantitative estimate of drug-likeness (QED) is 0.242. The second-order valence-corrected chi connectivity index (χ2v) is 13.6. The Labute approximate surface area is 231 Å². The van der Waals surface area contributed by atoms with Crippen molar-refractivity contribution in [1.82, 2.24) is 20.0 Å². The Morgan fingerprint density at radius 1 is 1.38 bits per heavy atom. The number of halogens is 1. The van der Waals surface area contributed by atoms with Gasteiger partial charge < -0.3 is 20.5 Å². The highest BCUT2D eigenvalue weighted by Crippen LogP contribution is 2.49. The van der Waals surface area contributed by atoms with Gasteiger partial charge in [0.1, 0.15) is 5.69 Å². The molecule has 1 N–H and O–H groups in total. The molecular weight excluding hydrogens is 541 g/mol. The zero-order valence-electron chi connectivity index (χ0n) is 22.4. The summed E-state index contributed by atoms with van der Waals surface area (Å²) in [6.45, 7) is 2.79. The van der Waals surface area contributed by atoms with Crippen LogP contribution >= 0.6 is 0 Å². The molecule has 0 spiro atoms. The average molecular weight is 572 g/mol. The zero-order valence-corrected chi connectivity index (χ0v) is 23.2. The molecule has 0 saturated heterocycles. The number of rotatable bonds is 11. The summed E-state index contributed by atoms with van der Waals surface area (Å²) in [5, 5.41) is 16.0. The third kappa shape index (κ3) is 5.40. The summed E-state index contributed by atoms with van der Waals surface area (Å²) in [4.78, 5) is 30.4. The van der Waals surface area contributed by atoms with Gasteiger partial charge in [0, 0.05) is 32.2 Å². The number of fused-ring (bicyclic) bond motifs is 1. The predicted octanol–water partition coefficient (Wildman–Crippen LogP) is 1.56. The molecule has 0 unspecified atom stereocenters. The van der Waals surface area contributed by atoms with E-state index in [9.17, 15) is 22.4 Å². The van der Waals surface area contributed by atoms with Gasteiger partial charge in [-0.1, -0.05) is 12.1 Å². The molecule has 14 heteroatoms. The Morgan fingerprint density at radius 2 is 2.05 bits per heavy atom. The van der Waals surface area contributed by atoms with E-state index in [0.29, 0.717) is 36.6 Å². The maximum absolute atomic E-state index is 13.6. The van der Waals surface area contributed by atoms with Gasteiger partial charge in [-0.2, -0.15) is 15.2 Å². The molecule has 1 aromatic heterocycles. The number of hydrogen-bond acceptors (Lipinski definition) is 7. The van der Waals surface area contributed by atoms with Crippen molar-refractivity contribution in [3.8, 4) is 6.07 Å². The Bertz CT molecular complexity index is 1520. The molecule has 1 aromatic carbocycles. The number of benzene rings is 1. The van der Waals surface area contributed by atoms with Crippen LogP contribution < -0.4 is 5.32 Å². The molecule has 0 bridgehead atoms. The van der Waals surface area contributed by atoms with Crippen molar-refractivity contribution >= 4 is 27.9 Å². The van der Waals surface area contributed by atoms with Crippen molar-refractivity contribution in [2.75, 3.05) is 19.7 Å². The highest BCUT2D eigenvalue weighted by Gasteiger charge is 2.61. The maximum atomic E-state index is 13.6. The van der Waals surface area contributed by atoms with Gasteiger partial charge in [0.05, 0.1) is 27.7 Å². The second kappa shape index (κ2) is 10.9. The predicted molar refractivity (Wildman–Crippen MR) is 141 cm³/mol. The number of aromatic nitrogens is 2. The van der Waals surface area contributed by atoms with Crippen molar-refractivity contribution in [1.29, 1.82) is 5.26 Å². The molecule has 2 aliphatic rings. The van der Waals surface area contributed by atoms with Crippen molar-refractivity contribution < 1.29 is 31.9 Å². The SMILES string of the molecule is Cn1nc(C(=O)NCc2ccc(C#N)cc2)c2c1C(=O)N(CC1(S(=O)(=O)C(C)(C)CO[C@@H](F)C=[N+]=[N-])CC1)CC2. The summed E-state index contributed by atoms with van der Waals surface area (Å²) in [7, 11) is -2.33. The Hall–Kier alpha value is -3.92. The number of nitriles is 1. The second-order valence-electron chi connectivity index (χ2n) is 10.6. The van der Waals surface area contributed by atoms with E-state index in [4.69, 9.17) is 15.5 Å². The van der Waals surface area contributed by atoms with Gasteiger partial charge in [-0.15, -0.1) is 0 Å². The lowest BCUT2D eigenvalue weighted by atomic mass is 10.0. The number of ether oxygens (including phenoxy) is 1. The van der Waals surface area contributed by atoms with Crippen LogP contribution in [0.4, 0.5) is 4.39 Å². The molecule has 40 heavy (non-hydrogen) atoms. The lowest BCUT2D eigenvalue weighted by Crippen LogP contribution is -2.52. The summed E-state index contributed by atoms with van der Waals surface area (Å²) in [5.74, 6) is -0.858. The number of sulfone groups is 1. The summed E-state index contributed by atoms with van der Waals surface area (Å²) in [5.41, 5.74) is 10.6. The van der Waals surface area contributed by atoms with Crippen molar-refractivity contribution in [2.45, 2.75) is 55.5 Å². The molecule has 1 aliphatic carbocycles. The Morgan fingerprint density at radius 3 is 2.65 bits per heavy atom. The summed E-state index contributed by atoms with van der Waals surface area (Å²) >= 11 is 0. The minimum absolute atomic E-state index is 0.0421. The van der Waals surface area contributed by atoms with E-state index < -0.39 is 44.1 Å². The molecule has 2 heterocycles. The van der Waals surface area contributed by atoms with Crippen molar-refractivity contribution in [3.05, 3.63) is 57.9 Å². The Balaban J connectivity index is 1.46. The zero-order chi connectivity index (χ0) is 29.3. The van der Waals surface area contributed by atoms with Crippen LogP contribution in [0.25, 0.3) is 5.53 Å². The van der Waals surface area contributed by atoms with Crippen LogP contribution in [0.5, 0.6) is 0 Å². The average Bonchev–Trinajstić information content (AvgIpc) is 3.64. The van der Waals surface area contributed by atoms with Crippen LogP contribution in [0.2, 0.25) is 0 Å². The molecule has 4 rings (SSSR count). The largest absolute Gasteiger partial charge is 0.362 e. The van der Waals surface area contributed by atoms with E-state index >= 15 is 0 Å². The first-order chi connectivity index (χ1) is 18.9. The minimum Gasteiger partial charge on any atom is -0.362 e. The molecule has 12 nitrogen and oxygen atoms in total. The molecule has 1 atom stereocenters. The first-order valence-corrected chi connectivity index (χ1v) is 14.1. The van der Waals surface area contributed by atoms with Gasteiger partial charge in [0.15, 0.2) is 15.5 Å².